The second-order valence-electron chi connectivity index (χ2n) is 8.64. The Labute approximate surface area is 183 Å². The highest BCUT2D eigenvalue weighted by atomic mass is 16.5. The van der Waals surface area contributed by atoms with Gasteiger partial charge in [-0.2, -0.15) is 0 Å². The summed E-state index contributed by atoms with van der Waals surface area (Å²) >= 11 is 0. The lowest BCUT2D eigenvalue weighted by molar-refractivity contribution is 0.128. The summed E-state index contributed by atoms with van der Waals surface area (Å²) in [5.74, 6) is 1.75. The Hall–Kier alpha value is -2.83. The molecule has 0 saturated carbocycles. The largest absolute Gasteiger partial charge is 0.492 e. The average Bonchev–Trinajstić information content (AvgIpc) is 3.27. The smallest absolute Gasteiger partial charge is 0.159 e. The molecule has 0 amide bonds. The topological polar surface area (TPSA) is 42.2 Å². The van der Waals surface area contributed by atoms with Crippen molar-refractivity contribution in [2.75, 3.05) is 40.3 Å². The number of aromatic nitrogens is 2. The molecule has 2 aliphatic heterocycles. The number of piperidine rings is 1. The summed E-state index contributed by atoms with van der Waals surface area (Å²) in [5, 5.41) is 0. The first kappa shape index (κ1) is 20.1. The van der Waals surface area contributed by atoms with Gasteiger partial charge in [0, 0.05) is 29.9 Å². The van der Waals surface area contributed by atoms with Gasteiger partial charge in [0.1, 0.15) is 18.1 Å². The molecule has 6 nitrogen and oxygen atoms in total. The normalized spacial score (nSPS) is 19.5. The van der Waals surface area contributed by atoms with Crippen LogP contribution < -0.4 is 9.47 Å². The van der Waals surface area contributed by atoms with E-state index >= 15 is 0 Å². The van der Waals surface area contributed by atoms with Gasteiger partial charge in [0.05, 0.1) is 12.0 Å². The molecule has 162 valence electrons. The highest BCUT2D eigenvalue weighted by Crippen LogP contribution is 2.34. The number of fused-ring (bicyclic) bond motifs is 2. The first-order valence-corrected chi connectivity index (χ1v) is 11.1. The van der Waals surface area contributed by atoms with E-state index in [1.807, 2.05) is 35.1 Å². The van der Waals surface area contributed by atoms with E-state index in [2.05, 4.69) is 59.2 Å². The molecule has 2 aliphatic rings. The van der Waals surface area contributed by atoms with Gasteiger partial charge >= 0.3 is 0 Å². The van der Waals surface area contributed by atoms with Gasteiger partial charge in [-0.05, 0) is 82.5 Å². The Morgan fingerprint density at radius 2 is 2.03 bits per heavy atom. The molecule has 1 saturated heterocycles. The maximum atomic E-state index is 6.20. The molecular formula is C25H30N4O2. The van der Waals surface area contributed by atoms with E-state index in [-0.39, 0.29) is 6.10 Å². The first-order valence-electron chi connectivity index (χ1n) is 11.1. The molecule has 1 unspecified atom stereocenters. The Balaban J connectivity index is 1.16. The first-order chi connectivity index (χ1) is 15.2. The zero-order chi connectivity index (χ0) is 21.2. The fourth-order valence-corrected chi connectivity index (χ4v) is 4.44. The van der Waals surface area contributed by atoms with Gasteiger partial charge in [-0.3, -0.25) is 4.90 Å². The third kappa shape index (κ3) is 4.45. The maximum Gasteiger partial charge on any atom is 0.159 e. The standard InChI is InChI=1S/C25H30N4O2/c1-27(2)20-9-12-28(13-10-20)14-15-30-22-6-8-24-19(16-22)5-7-25(31-24)23-17-21-4-3-11-29(21)18-26-23/h3-8,11,16-18,20,25H,9-10,12-15H2,1-2H3. The van der Waals surface area contributed by atoms with Crippen molar-refractivity contribution >= 4 is 11.6 Å². The van der Waals surface area contributed by atoms with Crippen LogP contribution in [0.4, 0.5) is 0 Å². The molecule has 0 N–H and O–H groups in total. The predicted molar refractivity (Wildman–Crippen MR) is 123 cm³/mol. The minimum Gasteiger partial charge on any atom is -0.492 e. The fraction of sp³-hybridized carbons (Fsp3) is 0.400. The van der Waals surface area contributed by atoms with Gasteiger partial charge in [-0.25, -0.2) is 4.98 Å². The van der Waals surface area contributed by atoms with E-state index in [0.29, 0.717) is 12.6 Å². The second-order valence-corrected chi connectivity index (χ2v) is 8.64. The summed E-state index contributed by atoms with van der Waals surface area (Å²) in [4.78, 5) is 9.39. The van der Waals surface area contributed by atoms with Gasteiger partial charge in [0.25, 0.3) is 0 Å². The molecule has 3 aromatic rings. The highest BCUT2D eigenvalue weighted by Gasteiger charge is 2.21. The van der Waals surface area contributed by atoms with E-state index in [1.165, 1.54) is 12.8 Å². The quantitative estimate of drug-likeness (QED) is 0.608. The molecule has 0 radical (unpaired) electrons. The Kier molecular flexibility index (Phi) is 5.66. The average molecular weight is 419 g/mol. The Morgan fingerprint density at radius 1 is 1.16 bits per heavy atom. The molecule has 1 fully saturated rings. The molecule has 2 aromatic heterocycles. The molecule has 31 heavy (non-hydrogen) atoms. The molecule has 5 rings (SSSR count). The van der Waals surface area contributed by atoms with Crippen LogP contribution >= 0.6 is 0 Å². The van der Waals surface area contributed by atoms with Crippen molar-refractivity contribution in [1.29, 1.82) is 0 Å². The number of likely N-dealkylation sites (tertiary alicyclic amines) is 1. The van der Waals surface area contributed by atoms with E-state index in [1.54, 1.807) is 0 Å². The number of hydrogen-bond donors (Lipinski definition) is 0. The number of rotatable bonds is 6. The fourth-order valence-electron chi connectivity index (χ4n) is 4.44. The lowest BCUT2D eigenvalue weighted by atomic mass is 10.0. The minimum atomic E-state index is -0.177. The number of ether oxygens (including phenoxy) is 2. The summed E-state index contributed by atoms with van der Waals surface area (Å²) in [6, 6.07) is 12.9. The number of nitrogens with zero attached hydrogens (tertiary/aromatic N) is 4. The Bertz CT molecular complexity index is 1070. The van der Waals surface area contributed by atoms with Gasteiger partial charge < -0.3 is 18.8 Å². The summed E-state index contributed by atoms with van der Waals surface area (Å²) < 4.78 is 14.2. The van der Waals surface area contributed by atoms with Gasteiger partial charge in [-0.15, -0.1) is 0 Å². The molecular weight excluding hydrogens is 388 g/mol. The predicted octanol–water partition coefficient (Wildman–Crippen LogP) is 3.89. The summed E-state index contributed by atoms with van der Waals surface area (Å²) in [5.41, 5.74) is 3.07. The number of benzene rings is 1. The van der Waals surface area contributed by atoms with Gasteiger partial charge in [0.15, 0.2) is 6.10 Å². The highest BCUT2D eigenvalue weighted by molar-refractivity contribution is 5.62. The van der Waals surface area contributed by atoms with Crippen LogP contribution in [0, 0.1) is 0 Å². The third-order valence-corrected chi connectivity index (χ3v) is 6.38. The summed E-state index contributed by atoms with van der Waals surface area (Å²) in [6.45, 7) is 3.98. The lowest BCUT2D eigenvalue weighted by Crippen LogP contribution is -2.43. The zero-order valence-electron chi connectivity index (χ0n) is 18.3. The van der Waals surface area contributed by atoms with Crippen LogP contribution in [0.25, 0.3) is 11.6 Å². The number of hydrogen-bond acceptors (Lipinski definition) is 5. The van der Waals surface area contributed by atoms with Gasteiger partial charge in [-0.1, -0.05) is 6.08 Å². The van der Waals surface area contributed by atoms with Crippen molar-refractivity contribution < 1.29 is 9.47 Å². The molecule has 1 atom stereocenters. The van der Waals surface area contributed by atoms with Crippen molar-refractivity contribution in [3.63, 3.8) is 0 Å². The van der Waals surface area contributed by atoms with Crippen LogP contribution in [0.3, 0.4) is 0 Å². The molecule has 4 heterocycles. The Morgan fingerprint density at radius 3 is 2.87 bits per heavy atom. The van der Waals surface area contributed by atoms with Crippen LogP contribution in [0.5, 0.6) is 11.5 Å². The SMILES string of the molecule is CN(C)C1CCN(CCOc2ccc3c(c2)C=CC(c2cc4cccn4cn2)O3)CC1. The van der Waals surface area contributed by atoms with Crippen molar-refractivity contribution in [3.8, 4) is 11.5 Å². The molecule has 0 bridgehead atoms. The lowest BCUT2D eigenvalue weighted by Gasteiger charge is -2.35. The van der Waals surface area contributed by atoms with Crippen molar-refractivity contribution in [2.24, 2.45) is 0 Å². The van der Waals surface area contributed by atoms with E-state index in [4.69, 9.17) is 9.47 Å². The summed E-state index contributed by atoms with van der Waals surface area (Å²) in [7, 11) is 4.36. The van der Waals surface area contributed by atoms with Crippen LogP contribution in [0.15, 0.2) is 55.0 Å². The molecule has 0 spiro atoms. The summed E-state index contributed by atoms with van der Waals surface area (Å²) in [6.07, 6.45) is 10.3. The second kappa shape index (κ2) is 8.73. The van der Waals surface area contributed by atoms with E-state index in [0.717, 1.165) is 47.9 Å². The van der Waals surface area contributed by atoms with Crippen LogP contribution in [-0.2, 0) is 0 Å². The molecule has 6 heteroatoms. The zero-order valence-corrected chi connectivity index (χ0v) is 18.3. The molecule has 1 aromatic carbocycles. The van der Waals surface area contributed by atoms with Crippen LogP contribution in [-0.4, -0.2) is 65.6 Å². The van der Waals surface area contributed by atoms with Gasteiger partial charge in [0.2, 0.25) is 0 Å². The third-order valence-electron chi connectivity index (χ3n) is 6.38. The van der Waals surface area contributed by atoms with Crippen LogP contribution in [0.1, 0.15) is 30.2 Å². The van der Waals surface area contributed by atoms with Crippen molar-refractivity contribution in [1.82, 2.24) is 19.2 Å². The molecule has 0 aliphatic carbocycles. The van der Waals surface area contributed by atoms with Crippen molar-refractivity contribution in [3.05, 3.63) is 66.3 Å². The van der Waals surface area contributed by atoms with Crippen molar-refractivity contribution in [2.45, 2.75) is 25.0 Å². The monoisotopic (exact) mass is 418 g/mol. The van der Waals surface area contributed by atoms with E-state index < -0.39 is 0 Å². The van der Waals surface area contributed by atoms with E-state index in [9.17, 15) is 0 Å². The maximum absolute atomic E-state index is 6.20. The van der Waals surface area contributed by atoms with Crippen LogP contribution in [0.2, 0.25) is 0 Å². The minimum absolute atomic E-state index is 0.177.